The number of benzene rings is 1. The van der Waals surface area contributed by atoms with Crippen molar-refractivity contribution in [1.29, 1.82) is 0 Å². The summed E-state index contributed by atoms with van der Waals surface area (Å²) in [5.74, 6) is 2.86. The summed E-state index contributed by atoms with van der Waals surface area (Å²) in [7, 11) is -2.13. The molecule has 5 nitrogen and oxygen atoms in total. The van der Waals surface area contributed by atoms with Crippen molar-refractivity contribution in [2.75, 3.05) is 20.3 Å². The zero-order chi connectivity index (χ0) is 19.2. The molecule has 0 aliphatic heterocycles. The van der Waals surface area contributed by atoms with Gasteiger partial charge in [0.25, 0.3) is 0 Å². The molecule has 1 N–H and O–H groups in total. The van der Waals surface area contributed by atoms with Crippen molar-refractivity contribution in [3.63, 3.8) is 0 Å². The summed E-state index contributed by atoms with van der Waals surface area (Å²) in [6, 6.07) is 3.45. The smallest absolute Gasteiger partial charge is 0.244 e. The lowest BCUT2D eigenvalue weighted by atomic mass is 9.54. The molecule has 0 saturated heterocycles. The van der Waals surface area contributed by atoms with Gasteiger partial charge in [0.15, 0.2) is 0 Å². The van der Waals surface area contributed by atoms with E-state index in [0.717, 1.165) is 48.1 Å². The number of nitrogens with one attached hydrogen (secondary N) is 1. The normalized spacial score (nSPS) is 32.0. The predicted octanol–water partition coefficient (Wildman–Crippen LogP) is 3.58. The molecule has 4 fully saturated rings. The fourth-order valence-electron chi connectivity index (χ4n) is 5.86. The van der Waals surface area contributed by atoms with Crippen LogP contribution in [0.25, 0.3) is 0 Å². The summed E-state index contributed by atoms with van der Waals surface area (Å²) >= 11 is 0. The van der Waals surface area contributed by atoms with Crippen molar-refractivity contribution in [3.8, 4) is 5.75 Å². The Labute approximate surface area is 162 Å². The summed E-state index contributed by atoms with van der Waals surface area (Å²) in [6.07, 6.45) is 7.62. The van der Waals surface area contributed by atoms with E-state index >= 15 is 0 Å². The van der Waals surface area contributed by atoms with Crippen molar-refractivity contribution in [2.45, 2.75) is 62.9 Å². The standard InChI is InChI=1S/C21H31NO4S/c1-14-6-19(25-3)20(7-15(14)2)27(23,24)22-4-5-26-21-11-16-8-17(12-21)10-18(9-16)13-21/h6-7,16-18,22H,4-5,8-13H2,1-3H3. The van der Waals surface area contributed by atoms with E-state index in [-0.39, 0.29) is 10.5 Å². The molecule has 1 aromatic rings. The second-order valence-corrected chi connectivity index (χ2v) is 10.7. The van der Waals surface area contributed by atoms with E-state index in [2.05, 4.69) is 4.72 Å². The predicted molar refractivity (Wildman–Crippen MR) is 105 cm³/mol. The topological polar surface area (TPSA) is 64.6 Å². The number of hydrogen-bond donors (Lipinski definition) is 1. The second kappa shape index (κ2) is 7.05. The first-order valence-electron chi connectivity index (χ1n) is 10.1. The summed E-state index contributed by atoms with van der Waals surface area (Å²) in [5.41, 5.74) is 1.95. The first kappa shape index (κ1) is 19.2. The first-order valence-corrected chi connectivity index (χ1v) is 11.6. The van der Waals surface area contributed by atoms with Crippen LogP contribution in [0.5, 0.6) is 5.75 Å². The van der Waals surface area contributed by atoms with Crippen LogP contribution in [0.1, 0.15) is 49.7 Å². The Balaban J connectivity index is 1.37. The van der Waals surface area contributed by atoms with E-state index in [4.69, 9.17) is 9.47 Å². The Kier molecular flexibility index (Phi) is 5.02. The summed E-state index contributed by atoms with van der Waals surface area (Å²) in [4.78, 5) is 0.197. The highest BCUT2D eigenvalue weighted by Crippen LogP contribution is 2.57. The van der Waals surface area contributed by atoms with Crippen molar-refractivity contribution >= 4 is 10.0 Å². The zero-order valence-corrected chi connectivity index (χ0v) is 17.4. The third-order valence-corrected chi connectivity index (χ3v) is 8.34. The Morgan fingerprint density at radius 2 is 1.59 bits per heavy atom. The molecule has 4 aliphatic carbocycles. The molecule has 4 saturated carbocycles. The van der Waals surface area contributed by atoms with Crippen LogP contribution in [0.2, 0.25) is 0 Å². The molecule has 4 bridgehead atoms. The van der Waals surface area contributed by atoms with Crippen LogP contribution in [0.15, 0.2) is 17.0 Å². The molecule has 0 radical (unpaired) electrons. The monoisotopic (exact) mass is 393 g/mol. The molecule has 6 heteroatoms. The number of methoxy groups -OCH3 is 1. The lowest BCUT2D eigenvalue weighted by molar-refractivity contribution is -0.160. The van der Waals surface area contributed by atoms with Crippen LogP contribution < -0.4 is 9.46 Å². The SMILES string of the molecule is COc1cc(C)c(C)cc1S(=O)(=O)NCCOC12CC3CC(CC(C3)C1)C2. The van der Waals surface area contributed by atoms with Gasteiger partial charge in [-0.15, -0.1) is 0 Å². The fraction of sp³-hybridized carbons (Fsp3) is 0.714. The van der Waals surface area contributed by atoms with E-state index in [9.17, 15) is 8.42 Å². The Morgan fingerprint density at radius 1 is 1.04 bits per heavy atom. The highest BCUT2D eigenvalue weighted by atomic mass is 32.2. The van der Waals surface area contributed by atoms with Gasteiger partial charge >= 0.3 is 0 Å². The average Bonchev–Trinajstić information content (AvgIpc) is 2.59. The highest BCUT2D eigenvalue weighted by Gasteiger charge is 2.51. The number of ether oxygens (including phenoxy) is 2. The largest absolute Gasteiger partial charge is 0.495 e. The molecule has 5 rings (SSSR count). The molecule has 0 atom stereocenters. The van der Waals surface area contributed by atoms with Gasteiger partial charge in [-0.25, -0.2) is 13.1 Å². The quantitative estimate of drug-likeness (QED) is 0.719. The second-order valence-electron chi connectivity index (χ2n) is 8.93. The third-order valence-electron chi connectivity index (χ3n) is 6.85. The van der Waals surface area contributed by atoms with Crippen molar-refractivity contribution in [1.82, 2.24) is 4.72 Å². The van der Waals surface area contributed by atoms with Gasteiger partial charge < -0.3 is 9.47 Å². The highest BCUT2D eigenvalue weighted by molar-refractivity contribution is 7.89. The van der Waals surface area contributed by atoms with Crippen LogP contribution in [0.4, 0.5) is 0 Å². The molecule has 1 aromatic carbocycles. The molecule has 4 aliphatic rings. The molecule has 0 heterocycles. The zero-order valence-electron chi connectivity index (χ0n) is 16.6. The van der Waals surface area contributed by atoms with Crippen LogP contribution in [0.3, 0.4) is 0 Å². The number of sulfonamides is 1. The van der Waals surface area contributed by atoms with E-state index in [1.807, 2.05) is 13.8 Å². The minimum atomic E-state index is -3.63. The van der Waals surface area contributed by atoms with Crippen molar-refractivity contribution < 1.29 is 17.9 Å². The molecule has 27 heavy (non-hydrogen) atoms. The maximum absolute atomic E-state index is 12.8. The molecule has 0 amide bonds. The minimum absolute atomic E-state index is 0.0122. The van der Waals surface area contributed by atoms with Gasteiger partial charge in [-0.1, -0.05) is 0 Å². The average molecular weight is 394 g/mol. The van der Waals surface area contributed by atoms with Gasteiger partial charge in [-0.2, -0.15) is 0 Å². The van der Waals surface area contributed by atoms with Crippen molar-refractivity contribution in [2.24, 2.45) is 17.8 Å². The first-order chi connectivity index (χ1) is 12.8. The van der Waals surface area contributed by atoms with Crippen LogP contribution in [-0.4, -0.2) is 34.3 Å². The Hall–Kier alpha value is -1.11. The van der Waals surface area contributed by atoms with Crippen LogP contribution >= 0.6 is 0 Å². The summed E-state index contributed by atoms with van der Waals surface area (Å²) in [5, 5.41) is 0. The maximum Gasteiger partial charge on any atom is 0.244 e. The van der Waals surface area contributed by atoms with Crippen LogP contribution in [0, 0.1) is 31.6 Å². The van der Waals surface area contributed by atoms with E-state index < -0.39 is 10.0 Å². The van der Waals surface area contributed by atoms with E-state index in [0.29, 0.717) is 18.9 Å². The minimum Gasteiger partial charge on any atom is -0.495 e. The molecule has 150 valence electrons. The van der Waals surface area contributed by atoms with E-state index in [1.165, 1.54) is 26.4 Å². The number of hydrogen-bond acceptors (Lipinski definition) is 4. The van der Waals surface area contributed by atoms with Gasteiger partial charge in [0.2, 0.25) is 10.0 Å². The molecular formula is C21H31NO4S. The van der Waals surface area contributed by atoms with Gasteiger partial charge in [-0.05, 0) is 93.4 Å². The number of aryl methyl sites for hydroxylation is 2. The van der Waals surface area contributed by atoms with Gasteiger partial charge in [0.05, 0.1) is 19.3 Å². The van der Waals surface area contributed by atoms with E-state index in [1.54, 1.807) is 12.1 Å². The maximum atomic E-state index is 12.8. The Bertz CT molecular complexity index is 782. The summed E-state index contributed by atoms with van der Waals surface area (Å²) < 4.78 is 39.8. The van der Waals surface area contributed by atoms with Gasteiger partial charge in [0.1, 0.15) is 10.6 Å². The molecule has 0 spiro atoms. The lowest BCUT2D eigenvalue weighted by Crippen LogP contribution is -2.52. The molecule has 0 unspecified atom stereocenters. The fourth-order valence-corrected chi connectivity index (χ4v) is 7.11. The van der Waals surface area contributed by atoms with Gasteiger partial charge in [0, 0.05) is 6.54 Å². The van der Waals surface area contributed by atoms with Crippen molar-refractivity contribution in [3.05, 3.63) is 23.3 Å². The Morgan fingerprint density at radius 3 is 2.15 bits per heavy atom. The molecular weight excluding hydrogens is 362 g/mol. The number of rotatable bonds is 7. The lowest BCUT2D eigenvalue weighted by Gasteiger charge is -2.56. The van der Waals surface area contributed by atoms with Crippen LogP contribution in [-0.2, 0) is 14.8 Å². The third kappa shape index (κ3) is 3.76. The van der Waals surface area contributed by atoms with Gasteiger partial charge in [-0.3, -0.25) is 0 Å². The summed E-state index contributed by atoms with van der Waals surface area (Å²) in [6.45, 7) is 4.57. The molecule has 0 aromatic heterocycles.